The summed E-state index contributed by atoms with van der Waals surface area (Å²) >= 11 is 0. The summed E-state index contributed by atoms with van der Waals surface area (Å²) in [6.07, 6.45) is 5.79. The van der Waals surface area contributed by atoms with E-state index in [2.05, 4.69) is 45.3 Å². The molecule has 0 aliphatic carbocycles. The maximum Gasteiger partial charge on any atom is 0.0467 e. The minimum Gasteiger partial charge on any atom is -0.302 e. The summed E-state index contributed by atoms with van der Waals surface area (Å²) in [7, 11) is 0. The lowest BCUT2D eigenvalue weighted by Crippen LogP contribution is -2.43. The number of hydrogen-bond acceptors (Lipinski definition) is 1. The van der Waals surface area contributed by atoms with Crippen molar-refractivity contribution in [3.8, 4) is 0 Å². The molecule has 1 atom stereocenters. The van der Waals surface area contributed by atoms with E-state index in [9.17, 15) is 0 Å². The molecular formula is C12H21N. The van der Waals surface area contributed by atoms with Gasteiger partial charge in [-0.05, 0) is 27.7 Å². The Bertz CT molecular complexity index is 206. The van der Waals surface area contributed by atoms with Gasteiger partial charge in [-0.3, -0.25) is 0 Å². The van der Waals surface area contributed by atoms with Crippen molar-refractivity contribution < 1.29 is 0 Å². The van der Waals surface area contributed by atoms with E-state index in [0.717, 1.165) is 5.57 Å². The number of rotatable bonds is 4. The van der Waals surface area contributed by atoms with Crippen molar-refractivity contribution >= 4 is 0 Å². The van der Waals surface area contributed by atoms with E-state index in [1.54, 1.807) is 6.08 Å². The van der Waals surface area contributed by atoms with Crippen LogP contribution in [-0.2, 0) is 0 Å². The van der Waals surface area contributed by atoms with Crippen LogP contribution >= 0.6 is 0 Å². The maximum atomic E-state index is 3.94. The summed E-state index contributed by atoms with van der Waals surface area (Å²) in [5.74, 6) is 0. The van der Waals surface area contributed by atoms with E-state index < -0.39 is 0 Å². The predicted molar refractivity (Wildman–Crippen MR) is 60.8 cm³/mol. The Morgan fingerprint density at radius 2 is 1.92 bits per heavy atom. The molecule has 0 heterocycles. The van der Waals surface area contributed by atoms with Crippen LogP contribution in [0.1, 0.15) is 27.7 Å². The summed E-state index contributed by atoms with van der Waals surface area (Å²) in [4.78, 5) is 0. The molecule has 0 amide bonds. The van der Waals surface area contributed by atoms with E-state index in [4.69, 9.17) is 0 Å². The first-order valence-electron chi connectivity index (χ1n) is 4.59. The summed E-state index contributed by atoms with van der Waals surface area (Å²) in [5, 5.41) is 3.46. The van der Waals surface area contributed by atoms with Crippen LogP contribution in [0.15, 0.2) is 37.0 Å². The average Bonchev–Trinajstić information content (AvgIpc) is 1.95. The smallest absolute Gasteiger partial charge is 0.0467 e. The first kappa shape index (κ1) is 12.2. The predicted octanol–water partition coefficient (Wildman–Crippen LogP) is 3.06. The van der Waals surface area contributed by atoms with Crippen LogP contribution in [0.2, 0.25) is 0 Å². The van der Waals surface area contributed by atoms with Crippen LogP contribution in [-0.4, -0.2) is 11.6 Å². The highest BCUT2D eigenvalue weighted by Gasteiger charge is 2.14. The van der Waals surface area contributed by atoms with Gasteiger partial charge in [-0.15, -0.1) is 0 Å². The van der Waals surface area contributed by atoms with Gasteiger partial charge in [-0.1, -0.05) is 37.0 Å². The summed E-state index contributed by atoms with van der Waals surface area (Å²) in [6, 6.07) is 0.234. The Morgan fingerprint density at radius 1 is 1.38 bits per heavy atom. The first-order chi connectivity index (χ1) is 5.87. The molecule has 0 saturated heterocycles. The molecule has 0 aromatic heterocycles. The van der Waals surface area contributed by atoms with Gasteiger partial charge in [0.15, 0.2) is 0 Å². The zero-order chi connectivity index (χ0) is 10.5. The first-order valence-corrected chi connectivity index (χ1v) is 4.59. The third-order valence-electron chi connectivity index (χ3n) is 1.56. The van der Waals surface area contributed by atoms with E-state index >= 15 is 0 Å². The Kier molecular flexibility index (Phi) is 4.71. The van der Waals surface area contributed by atoms with Gasteiger partial charge in [-0.2, -0.15) is 0 Å². The Labute approximate surface area is 82.2 Å². The van der Waals surface area contributed by atoms with Crippen molar-refractivity contribution in [1.29, 1.82) is 0 Å². The molecule has 0 bridgehead atoms. The summed E-state index contributed by atoms with van der Waals surface area (Å²) in [6.45, 7) is 16.0. The SMILES string of the molecule is C=C/C=C\C(NC(C)(C)C)C(=C)C. The molecule has 0 fully saturated rings. The van der Waals surface area contributed by atoms with Gasteiger partial charge in [0.25, 0.3) is 0 Å². The van der Waals surface area contributed by atoms with Crippen molar-refractivity contribution in [2.24, 2.45) is 0 Å². The number of hydrogen-bond donors (Lipinski definition) is 1. The Hall–Kier alpha value is -0.820. The number of allylic oxidation sites excluding steroid dienone is 2. The molecule has 13 heavy (non-hydrogen) atoms. The molecular weight excluding hydrogens is 158 g/mol. The van der Waals surface area contributed by atoms with Gasteiger partial charge in [0.05, 0.1) is 0 Å². The van der Waals surface area contributed by atoms with E-state index in [0.29, 0.717) is 0 Å². The zero-order valence-corrected chi connectivity index (χ0v) is 9.22. The minimum atomic E-state index is 0.106. The van der Waals surface area contributed by atoms with Crippen molar-refractivity contribution in [2.45, 2.75) is 39.3 Å². The second-order valence-corrected chi connectivity index (χ2v) is 4.34. The molecule has 1 N–H and O–H groups in total. The average molecular weight is 179 g/mol. The number of nitrogens with one attached hydrogen (secondary N) is 1. The molecule has 0 rings (SSSR count). The van der Waals surface area contributed by atoms with E-state index in [1.807, 2.05) is 13.0 Å². The van der Waals surface area contributed by atoms with Crippen LogP contribution < -0.4 is 5.32 Å². The van der Waals surface area contributed by atoms with Gasteiger partial charge in [0.2, 0.25) is 0 Å². The molecule has 0 radical (unpaired) electrons. The highest BCUT2D eigenvalue weighted by atomic mass is 15.0. The Morgan fingerprint density at radius 3 is 2.23 bits per heavy atom. The normalized spacial score (nSPS) is 14.5. The van der Waals surface area contributed by atoms with Gasteiger partial charge in [0.1, 0.15) is 0 Å². The third-order valence-corrected chi connectivity index (χ3v) is 1.56. The molecule has 0 spiro atoms. The van der Waals surface area contributed by atoms with E-state index in [-0.39, 0.29) is 11.6 Å². The van der Waals surface area contributed by atoms with Crippen LogP contribution in [0.3, 0.4) is 0 Å². The highest BCUT2D eigenvalue weighted by Crippen LogP contribution is 2.07. The highest BCUT2D eigenvalue weighted by molar-refractivity contribution is 5.16. The van der Waals surface area contributed by atoms with Crippen molar-refractivity contribution in [3.05, 3.63) is 37.0 Å². The molecule has 0 aliphatic rings. The quantitative estimate of drug-likeness (QED) is 0.516. The van der Waals surface area contributed by atoms with Crippen LogP contribution in [0.4, 0.5) is 0 Å². The lowest BCUT2D eigenvalue weighted by Gasteiger charge is -2.26. The second kappa shape index (κ2) is 5.03. The second-order valence-electron chi connectivity index (χ2n) is 4.34. The van der Waals surface area contributed by atoms with Gasteiger partial charge < -0.3 is 5.32 Å². The van der Waals surface area contributed by atoms with Crippen molar-refractivity contribution in [3.63, 3.8) is 0 Å². The fourth-order valence-electron chi connectivity index (χ4n) is 0.992. The monoisotopic (exact) mass is 179 g/mol. The molecule has 1 heteroatoms. The minimum absolute atomic E-state index is 0.106. The van der Waals surface area contributed by atoms with Crippen LogP contribution in [0.5, 0.6) is 0 Å². The summed E-state index contributed by atoms with van der Waals surface area (Å²) in [5.41, 5.74) is 1.22. The van der Waals surface area contributed by atoms with Crippen LogP contribution in [0.25, 0.3) is 0 Å². The largest absolute Gasteiger partial charge is 0.302 e. The van der Waals surface area contributed by atoms with Gasteiger partial charge in [-0.25, -0.2) is 0 Å². The molecule has 1 nitrogen and oxygen atoms in total. The fraction of sp³-hybridized carbons (Fsp3) is 0.500. The van der Waals surface area contributed by atoms with E-state index in [1.165, 1.54) is 0 Å². The maximum absolute atomic E-state index is 3.94. The van der Waals surface area contributed by atoms with Crippen molar-refractivity contribution in [2.75, 3.05) is 0 Å². The standard InChI is InChI=1S/C12H21N/c1-7-8-9-11(10(2)3)13-12(4,5)6/h7-9,11,13H,1-2H2,3-6H3/b9-8-. The lowest BCUT2D eigenvalue weighted by molar-refractivity contribution is 0.412. The molecule has 0 aliphatic heterocycles. The summed E-state index contributed by atoms with van der Waals surface area (Å²) < 4.78 is 0. The fourth-order valence-corrected chi connectivity index (χ4v) is 0.992. The molecule has 0 aromatic rings. The Balaban J connectivity index is 4.35. The molecule has 0 aromatic carbocycles. The molecule has 1 unspecified atom stereocenters. The topological polar surface area (TPSA) is 12.0 Å². The van der Waals surface area contributed by atoms with Crippen molar-refractivity contribution in [1.82, 2.24) is 5.32 Å². The molecule has 74 valence electrons. The zero-order valence-electron chi connectivity index (χ0n) is 9.22. The van der Waals surface area contributed by atoms with Gasteiger partial charge >= 0.3 is 0 Å². The lowest BCUT2D eigenvalue weighted by atomic mass is 10.0. The third kappa shape index (κ3) is 6.35. The van der Waals surface area contributed by atoms with Crippen LogP contribution in [0, 0.1) is 0 Å². The van der Waals surface area contributed by atoms with Gasteiger partial charge in [0, 0.05) is 11.6 Å². The molecule has 0 saturated carbocycles.